The van der Waals surface area contributed by atoms with Crippen molar-refractivity contribution in [2.45, 2.75) is 58.4 Å². The third-order valence-corrected chi connectivity index (χ3v) is 6.38. The molecule has 1 aliphatic heterocycles. The monoisotopic (exact) mass is 371 g/mol. The molecule has 1 unspecified atom stereocenters. The van der Waals surface area contributed by atoms with Gasteiger partial charge in [0.25, 0.3) is 5.91 Å². The van der Waals surface area contributed by atoms with Crippen molar-refractivity contribution in [3.05, 3.63) is 51.7 Å². The molecule has 0 aliphatic carbocycles. The molecule has 0 radical (unpaired) electrons. The number of nitrogens with one attached hydrogen (secondary N) is 2. The van der Waals surface area contributed by atoms with Gasteiger partial charge in [-0.1, -0.05) is 52.0 Å². The van der Waals surface area contributed by atoms with Crippen LogP contribution in [0.4, 0.5) is 5.69 Å². The lowest BCUT2D eigenvalue weighted by atomic mass is 9.92. The third kappa shape index (κ3) is 4.18. The van der Waals surface area contributed by atoms with Crippen molar-refractivity contribution in [2.24, 2.45) is 0 Å². The van der Waals surface area contributed by atoms with Gasteiger partial charge >= 0.3 is 0 Å². The number of carbonyl (C=O) groups is 1. The van der Waals surface area contributed by atoms with Crippen LogP contribution in [0.15, 0.2) is 35.7 Å². The molecule has 3 rings (SSSR count). The highest BCUT2D eigenvalue weighted by Gasteiger charge is 2.32. The van der Waals surface area contributed by atoms with E-state index < -0.39 is 0 Å². The average Bonchev–Trinajstić information content (AvgIpc) is 3.25. The Morgan fingerprint density at radius 1 is 1.15 bits per heavy atom. The molecule has 3 nitrogen and oxygen atoms in total. The van der Waals surface area contributed by atoms with Gasteiger partial charge in [0.1, 0.15) is 6.04 Å². The molecule has 2 N–H and O–H groups in total. The molecule has 1 fully saturated rings. The van der Waals surface area contributed by atoms with Crippen LogP contribution < -0.4 is 10.2 Å². The normalized spacial score (nSPS) is 20.1. The van der Waals surface area contributed by atoms with Gasteiger partial charge in [0.15, 0.2) is 6.54 Å². The zero-order chi connectivity index (χ0) is 18.7. The number of hydrogen-bond donors (Lipinski definition) is 2. The number of hydrogen-bond acceptors (Lipinski definition) is 2. The first-order valence-electron chi connectivity index (χ1n) is 9.78. The first-order valence-corrected chi connectivity index (χ1v) is 10.7. The maximum Gasteiger partial charge on any atom is 0.279 e. The zero-order valence-electron chi connectivity index (χ0n) is 16.3. The second kappa shape index (κ2) is 8.36. The topological polar surface area (TPSA) is 33.5 Å². The van der Waals surface area contributed by atoms with Crippen molar-refractivity contribution >= 4 is 22.9 Å². The van der Waals surface area contributed by atoms with Gasteiger partial charge < -0.3 is 10.2 Å². The van der Waals surface area contributed by atoms with Crippen LogP contribution in [-0.4, -0.2) is 19.0 Å². The molecule has 1 aliphatic rings. The van der Waals surface area contributed by atoms with E-state index >= 15 is 0 Å². The van der Waals surface area contributed by atoms with Crippen molar-refractivity contribution in [3.8, 4) is 0 Å². The first-order chi connectivity index (χ1) is 12.5. The highest BCUT2D eigenvalue weighted by Crippen LogP contribution is 2.32. The molecule has 1 aromatic carbocycles. The summed E-state index contributed by atoms with van der Waals surface area (Å²) in [5.41, 5.74) is 3.50. The fourth-order valence-electron chi connectivity index (χ4n) is 4.04. The Balaban J connectivity index is 1.76. The highest BCUT2D eigenvalue weighted by molar-refractivity contribution is 7.10. The maximum absolute atomic E-state index is 12.9. The molecule has 0 bridgehead atoms. The minimum Gasteiger partial charge on any atom is -0.321 e. The van der Waals surface area contributed by atoms with E-state index in [1.54, 1.807) is 0 Å². The smallest absolute Gasteiger partial charge is 0.279 e. The molecule has 1 aromatic heterocycles. The summed E-state index contributed by atoms with van der Waals surface area (Å²) in [4.78, 5) is 15.7. The summed E-state index contributed by atoms with van der Waals surface area (Å²) in [6.45, 7) is 10.4. The van der Waals surface area contributed by atoms with Crippen molar-refractivity contribution < 1.29 is 9.69 Å². The summed E-state index contributed by atoms with van der Waals surface area (Å²) in [6.07, 6.45) is 2.38. The number of anilines is 1. The summed E-state index contributed by atoms with van der Waals surface area (Å²) in [5.74, 6) is 0.919. The SMILES string of the molecule is CC(C)c1cccc(C(C)C)c1NC(=O)C[NH+]1CCC[C@H]1c1cccs1. The van der Waals surface area contributed by atoms with Crippen molar-refractivity contribution in [3.63, 3.8) is 0 Å². The van der Waals surface area contributed by atoms with Gasteiger partial charge in [-0.3, -0.25) is 4.79 Å². The second-order valence-electron chi connectivity index (χ2n) is 7.96. The second-order valence-corrected chi connectivity index (χ2v) is 8.94. The number of rotatable bonds is 6. The number of thiophene rings is 1. The molecule has 0 saturated carbocycles. The van der Waals surface area contributed by atoms with Gasteiger partial charge in [-0.05, 0) is 34.4 Å². The van der Waals surface area contributed by atoms with E-state index in [4.69, 9.17) is 0 Å². The molecule has 2 aromatic rings. The Kier molecular flexibility index (Phi) is 6.15. The van der Waals surface area contributed by atoms with Crippen molar-refractivity contribution in [1.29, 1.82) is 0 Å². The predicted molar refractivity (Wildman–Crippen MR) is 110 cm³/mol. The Hall–Kier alpha value is -1.65. The van der Waals surface area contributed by atoms with Crippen LogP contribution in [-0.2, 0) is 4.79 Å². The van der Waals surface area contributed by atoms with Gasteiger partial charge in [0.2, 0.25) is 0 Å². The summed E-state index contributed by atoms with van der Waals surface area (Å²) in [6, 6.07) is 11.2. The van der Waals surface area contributed by atoms with Gasteiger partial charge in [0.05, 0.1) is 11.4 Å². The summed E-state index contributed by atoms with van der Waals surface area (Å²) >= 11 is 1.82. The van der Waals surface area contributed by atoms with E-state index in [-0.39, 0.29) is 5.91 Å². The Labute approximate surface area is 161 Å². The lowest BCUT2D eigenvalue weighted by molar-refractivity contribution is -0.910. The molecular formula is C22H31N2OS+. The quantitative estimate of drug-likeness (QED) is 0.777. The van der Waals surface area contributed by atoms with Gasteiger partial charge in [-0.15, -0.1) is 11.3 Å². The van der Waals surface area contributed by atoms with Crippen LogP contribution >= 0.6 is 11.3 Å². The van der Waals surface area contributed by atoms with Crippen LogP contribution in [0.1, 0.15) is 74.4 Å². The number of quaternary nitrogens is 1. The van der Waals surface area contributed by atoms with E-state index in [0.717, 1.165) is 12.2 Å². The molecule has 0 spiro atoms. The van der Waals surface area contributed by atoms with Crippen LogP contribution in [0.2, 0.25) is 0 Å². The maximum atomic E-state index is 12.9. The molecular weight excluding hydrogens is 340 g/mol. The zero-order valence-corrected chi connectivity index (χ0v) is 17.2. The molecule has 2 heterocycles. The van der Waals surface area contributed by atoms with Crippen LogP contribution in [0.25, 0.3) is 0 Å². The number of para-hydroxylation sites is 1. The van der Waals surface area contributed by atoms with E-state index in [0.29, 0.717) is 24.4 Å². The standard InChI is InChI=1S/C22H30N2OS/c1-15(2)17-8-5-9-18(16(3)4)22(17)23-21(25)14-24-12-6-10-19(24)20-11-7-13-26-20/h5,7-9,11,13,15-16,19H,6,10,12,14H2,1-4H3,(H,23,25)/p+1/t19-/m0/s1. The molecule has 140 valence electrons. The minimum atomic E-state index is 0.137. The molecule has 1 amide bonds. The number of benzene rings is 1. The molecule has 1 saturated heterocycles. The van der Waals surface area contributed by atoms with E-state index in [1.165, 1.54) is 33.7 Å². The molecule has 26 heavy (non-hydrogen) atoms. The first kappa shape index (κ1) is 19.1. The predicted octanol–water partition coefficient (Wildman–Crippen LogP) is 4.35. The minimum absolute atomic E-state index is 0.137. The van der Waals surface area contributed by atoms with Crippen LogP contribution in [0.5, 0.6) is 0 Å². The summed E-state index contributed by atoms with van der Waals surface area (Å²) in [7, 11) is 0. The summed E-state index contributed by atoms with van der Waals surface area (Å²) < 4.78 is 0. The highest BCUT2D eigenvalue weighted by atomic mass is 32.1. The fourth-order valence-corrected chi connectivity index (χ4v) is 4.96. The number of amides is 1. The number of likely N-dealkylation sites (tertiary alicyclic amines) is 1. The third-order valence-electron chi connectivity index (χ3n) is 5.40. The largest absolute Gasteiger partial charge is 0.321 e. The number of carbonyl (C=O) groups excluding carboxylic acids is 1. The molecule has 2 atom stereocenters. The fraction of sp³-hybridized carbons (Fsp3) is 0.500. The van der Waals surface area contributed by atoms with Gasteiger partial charge in [-0.2, -0.15) is 0 Å². The van der Waals surface area contributed by atoms with Crippen molar-refractivity contribution in [1.82, 2.24) is 0 Å². The Morgan fingerprint density at radius 3 is 2.42 bits per heavy atom. The van der Waals surface area contributed by atoms with Crippen molar-refractivity contribution in [2.75, 3.05) is 18.4 Å². The van der Waals surface area contributed by atoms with Crippen LogP contribution in [0.3, 0.4) is 0 Å². The Bertz CT molecular complexity index is 710. The average molecular weight is 372 g/mol. The lowest BCUT2D eigenvalue weighted by Crippen LogP contribution is -3.11. The summed E-state index contributed by atoms with van der Waals surface area (Å²) in [5, 5.41) is 5.42. The van der Waals surface area contributed by atoms with Gasteiger partial charge in [0, 0.05) is 18.5 Å². The van der Waals surface area contributed by atoms with E-state index in [9.17, 15) is 4.79 Å². The van der Waals surface area contributed by atoms with E-state index in [2.05, 4.69) is 68.7 Å². The lowest BCUT2D eigenvalue weighted by Gasteiger charge is -2.23. The van der Waals surface area contributed by atoms with E-state index in [1.807, 2.05) is 11.3 Å². The molecule has 4 heteroatoms. The Morgan fingerprint density at radius 2 is 1.85 bits per heavy atom. The van der Waals surface area contributed by atoms with Gasteiger partial charge in [-0.25, -0.2) is 0 Å². The van der Waals surface area contributed by atoms with Crippen LogP contribution in [0, 0.1) is 0 Å².